The van der Waals surface area contributed by atoms with Crippen molar-refractivity contribution in [3.05, 3.63) is 27.7 Å². The SMILES string of the molecule is CCC(N)Cc1cc(Cl)cc(Cl)c1OC(C)C(=O)N(C)C. The molecule has 0 radical (unpaired) electrons. The number of carbonyl (C=O) groups is 1. The van der Waals surface area contributed by atoms with E-state index in [9.17, 15) is 4.79 Å². The number of ether oxygens (including phenoxy) is 1. The number of nitrogens with two attached hydrogens (primary N) is 1. The lowest BCUT2D eigenvalue weighted by Crippen LogP contribution is -2.35. The van der Waals surface area contributed by atoms with Crippen LogP contribution >= 0.6 is 23.2 Å². The molecule has 0 aromatic heterocycles. The maximum atomic E-state index is 11.9. The van der Waals surface area contributed by atoms with E-state index in [2.05, 4.69) is 0 Å². The van der Waals surface area contributed by atoms with Crippen LogP contribution in [0.3, 0.4) is 0 Å². The normalized spacial score (nSPS) is 13.7. The van der Waals surface area contributed by atoms with Crippen molar-refractivity contribution in [1.82, 2.24) is 4.90 Å². The minimum atomic E-state index is -0.629. The van der Waals surface area contributed by atoms with Crippen LogP contribution < -0.4 is 10.5 Å². The van der Waals surface area contributed by atoms with Gasteiger partial charge in [-0.2, -0.15) is 0 Å². The molecule has 0 aliphatic rings. The van der Waals surface area contributed by atoms with Crippen molar-refractivity contribution >= 4 is 29.1 Å². The number of hydrogen-bond acceptors (Lipinski definition) is 3. The standard InChI is InChI=1S/C15H22Cl2N2O2/c1-5-12(18)7-10-6-11(16)8-13(17)14(10)21-9(2)15(20)19(3)4/h6,8-9,12H,5,7,18H2,1-4H3. The lowest BCUT2D eigenvalue weighted by Gasteiger charge is -2.22. The fraction of sp³-hybridized carbons (Fsp3) is 0.533. The lowest BCUT2D eigenvalue weighted by atomic mass is 10.0. The van der Waals surface area contributed by atoms with E-state index in [0.717, 1.165) is 12.0 Å². The van der Waals surface area contributed by atoms with Crippen LogP contribution in [-0.4, -0.2) is 37.0 Å². The Labute approximate surface area is 136 Å². The van der Waals surface area contributed by atoms with Crippen molar-refractivity contribution in [3.8, 4) is 5.75 Å². The number of benzene rings is 1. The van der Waals surface area contributed by atoms with Crippen LogP contribution in [0.1, 0.15) is 25.8 Å². The van der Waals surface area contributed by atoms with Gasteiger partial charge in [0.2, 0.25) is 0 Å². The number of amides is 1. The predicted octanol–water partition coefficient (Wildman–Crippen LogP) is 3.13. The Morgan fingerprint density at radius 3 is 2.52 bits per heavy atom. The summed E-state index contributed by atoms with van der Waals surface area (Å²) in [6.45, 7) is 3.70. The topological polar surface area (TPSA) is 55.6 Å². The molecule has 0 saturated carbocycles. The van der Waals surface area contributed by atoms with Gasteiger partial charge in [0.25, 0.3) is 5.91 Å². The van der Waals surface area contributed by atoms with Crippen molar-refractivity contribution in [2.45, 2.75) is 38.8 Å². The minimum Gasteiger partial charge on any atom is -0.479 e. The molecule has 4 nitrogen and oxygen atoms in total. The van der Waals surface area contributed by atoms with Crippen molar-refractivity contribution in [2.24, 2.45) is 5.73 Å². The quantitative estimate of drug-likeness (QED) is 0.870. The number of nitrogens with zero attached hydrogens (tertiary/aromatic N) is 1. The first-order chi connectivity index (χ1) is 9.76. The van der Waals surface area contributed by atoms with Gasteiger partial charge in [-0.1, -0.05) is 30.1 Å². The molecule has 21 heavy (non-hydrogen) atoms. The van der Waals surface area contributed by atoms with Crippen LogP contribution in [0.15, 0.2) is 12.1 Å². The second-order valence-corrected chi connectivity index (χ2v) is 6.08. The first kappa shape index (κ1) is 18.1. The molecule has 0 saturated heterocycles. The van der Waals surface area contributed by atoms with Crippen molar-refractivity contribution in [2.75, 3.05) is 14.1 Å². The van der Waals surface area contributed by atoms with Crippen molar-refractivity contribution in [1.29, 1.82) is 0 Å². The maximum Gasteiger partial charge on any atom is 0.262 e. The van der Waals surface area contributed by atoms with Gasteiger partial charge >= 0.3 is 0 Å². The average molecular weight is 333 g/mol. The van der Waals surface area contributed by atoms with E-state index in [1.807, 2.05) is 6.92 Å². The Balaban J connectivity index is 3.07. The molecule has 1 aromatic rings. The van der Waals surface area contributed by atoms with Gasteiger partial charge in [-0.05, 0) is 37.5 Å². The maximum absolute atomic E-state index is 11.9. The second-order valence-electron chi connectivity index (χ2n) is 5.24. The van der Waals surface area contributed by atoms with Crippen LogP contribution in [0.4, 0.5) is 0 Å². The summed E-state index contributed by atoms with van der Waals surface area (Å²) in [4.78, 5) is 13.4. The molecular weight excluding hydrogens is 311 g/mol. The molecular formula is C15H22Cl2N2O2. The number of halogens is 2. The van der Waals surface area contributed by atoms with Crippen LogP contribution in [0, 0.1) is 0 Å². The fourth-order valence-corrected chi connectivity index (χ4v) is 2.49. The summed E-state index contributed by atoms with van der Waals surface area (Å²) in [5, 5.41) is 0.913. The minimum absolute atomic E-state index is 0.0123. The molecule has 0 heterocycles. The molecule has 2 N–H and O–H groups in total. The molecule has 0 aliphatic carbocycles. The molecule has 1 amide bonds. The highest BCUT2D eigenvalue weighted by Gasteiger charge is 2.21. The highest BCUT2D eigenvalue weighted by atomic mass is 35.5. The van der Waals surface area contributed by atoms with Gasteiger partial charge in [0.15, 0.2) is 6.10 Å². The summed E-state index contributed by atoms with van der Waals surface area (Å²) in [6, 6.07) is 3.37. The van der Waals surface area contributed by atoms with Crippen LogP contribution in [0.5, 0.6) is 5.75 Å². The smallest absolute Gasteiger partial charge is 0.262 e. The van der Waals surface area contributed by atoms with Gasteiger partial charge in [0, 0.05) is 25.2 Å². The third-order valence-electron chi connectivity index (χ3n) is 3.17. The van der Waals surface area contributed by atoms with E-state index < -0.39 is 6.10 Å². The summed E-state index contributed by atoms with van der Waals surface area (Å²) in [5.74, 6) is 0.347. The van der Waals surface area contributed by atoms with Crippen LogP contribution in [0.2, 0.25) is 10.0 Å². The van der Waals surface area contributed by atoms with Gasteiger partial charge in [-0.25, -0.2) is 0 Å². The summed E-state index contributed by atoms with van der Waals surface area (Å²) in [7, 11) is 3.36. The fourth-order valence-electron chi connectivity index (χ4n) is 1.91. The zero-order chi connectivity index (χ0) is 16.2. The van der Waals surface area contributed by atoms with Gasteiger partial charge in [-0.15, -0.1) is 0 Å². The molecule has 6 heteroatoms. The predicted molar refractivity (Wildman–Crippen MR) is 87.2 cm³/mol. The molecule has 1 rings (SSSR count). The van der Waals surface area contributed by atoms with E-state index in [-0.39, 0.29) is 11.9 Å². The Hall–Kier alpha value is -0.970. The van der Waals surface area contributed by atoms with E-state index >= 15 is 0 Å². The zero-order valence-electron chi connectivity index (χ0n) is 12.8. The summed E-state index contributed by atoms with van der Waals surface area (Å²) in [6.07, 6.45) is 0.792. The third kappa shape index (κ3) is 5.06. The van der Waals surface area contributed by atoms with Gasteiger partial charge in [0.05, 0.1) is 5.02 Å². The zero-order valence-corrected chi connectivity index (χ0v) is 14.3. The molecule has 0 spiro atoms. The second kappa shape index (κ2) is 7.87. The van der Waals surface area contributed by atoms with E-state index in [1.165, 1.54) is 4.90 Å². The average Bonchev–Trinajstić information content (AvgIpc) is 2.41. The number of carbonyl (C=O) groups excluding carboxylic acids is 1. The summed E-state index contributed by atoms with van der Waals surface area (Å²) < 4.78 is 5.76. The first-order valence-corrected chi connectivity index (χ1v) is 7.63. The van der Waals surface area contributed by atoms with Gasteiger partial charge in [0.1, 0.15) is 5.75 Å². The Kier molecular flexibility index (Phi) is 6.78. The number of hydrogen-bond donors (Lipinski definition) is 1. The first-order valence-electron chi connectivity index (χ1n) is 6.87. The highest BCUT2D eigenvalue weighted by Crippen LogP contribution is 2.34. The monoisotopic (exact) mass is 332 g/mol. The molecule has 2 atom stereocenters. The van der Waals surface area contributed by atoms with Crippen LogP contribution in [-0.2, 0) is 11.2 Å². The number of likely N-dealkylation sites (N-methyl/N-ethyl adjacent to an activating group) is 1. The van der Waals surface area contributed by atoms with Crippen molar-refractivity contribution in [3.63, 3.8) is 0 Å². The van der Waals surface area contributed by atoms with E-state index in [0.29, 0.717) is 22.2 Å². The lowest BCUT2D eigenvalue weighted by molar-refractivity contribution is -0.135. The van der Waals surface area contributed by atoms with Gasteiger partial charge in [-0.3, -0.25) is 4.79 Å². The summed E-state index contributed by atoms with van der Waals surface area (Å²) in [5.41, 5.74) is 6.82. The molecule has 1 aromatic carbocycles. The third-order valence-corrected chi connectivity index (χ3v) is 3.67. The Bertz CT molecular complexity index is 507. The molecule has 2 unspecified atom stereocenters. The Morgan fingerprint density at radius 2 is 2.00 bits per heavy atom. The Morgan fingerprint density at radius 1 is 1.38 bits per heavy atom. The highest BCUT2D eigenvalue weighted by molar-refractivity contribution is 6.35. The van der Waals surface area contributed by atoms with E-state index in [4.69, 9.17) is 33.7 Å². The van der Waals surface area contributed by atoms with E-state index in [1.54, 1.807) is 33.2 Å². The number of rotatable bonds is 6. The summed E-state index contributed by atoms with van der Waals surface area (Å²) >= 11 is 12.3. The van der Waals surface area contributed by atoms with Crippen molar-refractivity contribution < 1.29 is 9.53 Å². The molecule has 0 fully saturated rings. The largest absolute Gasteiger partial charge is 0.479 e. The molecule has 0 bridgehead atoms. The van der Waals surface area contributed by atoms with Crippen LogP contribution in [0.25, 0.3) is 0 Å². The molecule has 0 aliphatic heterocycles. The van der Waals surface area contributed by atoms with Gasteiger partial charge < -0.3 is 15.4 Å². The molecule has 118 valence electrons.